The highest BCUT2D eigenvalue weighted by molar-refractivity contribution is 5.94. The maximum Gasteiger partial charge on any atom is 0.417 e. The molecule has 0 bridgehead atoms. The maximum atomic E-state index is 13.7. The lowest BCUT2D eigenvalue weighted by Crippen LogP contribution is -2.34. The molecule has 0 N–H and O–H groups in total. The van der Waals surface area contributed by atoms with Gasteiger partial charge in [0.25, 0.3) is 5.91 Å². The third-order valence-electron chi connectivity index (χ3n) is 5.98. The van der Waals surface area contributed by atoms with Crippen molar-refractivity contribution >= 4 is 5.91 Å². The Hall–Kier alpha value is -2.74. The van der Waals surface area contributed by atoms with Gasteiger partial charge in [-0.05, 0) is 47.9 Å². The molecule has 2 aromatic carbocycles. The number of carbonyl (C=O) groups excluding carboxylic acids is 1. The van der Waals surface area contributed by atoms with Gasteiger partial charge in [-0.1, -0.05) is 69.0 Å². The Bertz CT molecular complexity index is 954. The minimum Gasteiger partial charge on any atom is -0.332 e. The number of carbonyl (C=O) groups is 1. The molecule has 0 radical (unpaired) electrons. The summed E-state index contributed by atoms with van der Waals surface area (Å²) >= 11 is 0. The molecule has 164 valence electrons. The van der Waals surface area contributed by atoms with Gasteiger partial charge < -0.3 is 4.90 Å². The SMILES string of the molecule is CC(C)C1CCCCN(C(=O)C#Cc2ccc(-c3ccccc3)c(C(F)(F)F)c2)CC1. The number of likely N-dealkylation sites (tertiary alicyclic amines) is 1. The first kappa shape index (κ1) is 22.9. The van der Waals surface area contributed by atoms with Crippen LogP contribution in [0.5, 0.6) is 0 Å². The van der Waals surface area contributed by atoms with Crippen molar-refractivity contribution in [2.45, 2.75) is 45.7 Å². The second-order valence-corrected chi connectivity index (χ2v) is 8.45. The Morgan fingerprint density at radius 1 is 1.03 bits per heavy atom. The van der Waals surface area contributed by atoms with Crippen LogP contribution < -0.4 is 0 Å². The third kappa shape index (κ3) is 6.13. The first-order chi connectivity index (χ1) is 14.8. The van der Waals surface area contributed by atoms with E-state index in [4.69, 9.17) is 0 Å². The van der Waals surface area contributed by atoms with Crippen LogP contribution in [0, 0.1) is 23.7 Å². The highest BCUT2D eigenvalue weighted by Gasteiger charge is 2.34. The zero-order valence-electron chi connectivity index (χ0n) is 18.0. The summed E-state index contributed by atoms with van der Waals surface area (Å²) in [4.78, 5) is 14.4. The summed E-state index contributed by atoms with van der Waals surface area (Å²) in [7, 11) is 0. The van der Waals surface area contributed by atoms with E-state index in [1.165, 1.54) is 12.5 Å². The smallest absolute Gasteiger partial charge is 0.332 e. The van der Waals surface area contributed by atoms with E-state index in [1.807, 2.05) is 0 Å². The van der Waals surface area contributed by atoms with Crippen molar-refractivity contribution in [1.29, 1.82) is 0 Å². The van der Waals surface area contributed by atoms with Gasteiger partial charge in [0.15, 0.2) is 0 Å². The molecular weight excluding hydrogens is 399 g/mol. The molecule has 1 amide bonds. The quantitative estimate of drug-likeness (QED) is 0.508. The molecule has 1 heterocycles. The Balaban J connectivity index is 1.81. The Labute approximate surface area is 182 Å². The van der Waals surface area contributed by atoms with E-state index in [0.29, 0.717) is 30.5 Å². The molecule has 2 nitrogen and oxygen atoms in total. The minimum atomic E-state index is -4.51. The highest BCUT2D eigenvalue weighted by Crippen LogP contribution is 2.37. The number of amides is 1. The number of alkyl halides is 3. The molecule has 0 aliphatic carbocycles. The van der Waals surface area contributed by atoms with Gasteiger partial charge in [0.05, 0.1) is 5.56 Å². The van der Waals surface area contributed by atoms with Crippen molar-refractivity contribution in [3.05, 3.63) is 59.7 Å². The lowest BCUT2D eigenvalue weighted by molar-refractivity contribution is -0.137. The summed E-state index contributed by atoms with van der Waals surface area (Å²) in [6.45, 7) is 5.71. The Kier molecular flexibility index (Phi) is 7.43. The zero-order valence-corrected chi connectivity index (χ0v) is 18.0. The van der Waals surface area contributed by atoms with Gasteiger partial charge in [0, 0.05) is 24.6 Å². The summed E-state index contributed by atoms with van der Waals surface area (Å²) in [5, 5.41) is 0. The first-order valence-corrected chi connectivity index (χ1v) is 10.8. The monoisotopic (exact) mass is 427 g/mol. The number of nitrogens with zero attached hydrogens (tertiary/aromatic N) is 1. The molecule has 1 unspecified atom stereocenters. The highest BCUT2D eigenvalue weighted by atomic mass is 19.4. The summed E-state index contributed by atoms with van der Waals surface area (Å²) < 4.78 is 41.0. The fraction of sp³-hybridized carbons (Fsp3) is 0.423. The predicted molar refractivity (Wildman–Crippen MR) is 117 cm³/mol. The number of hydrogen-bond donors (Lipinski definition) is 0. The Morgan fingerprint density at radius 3 is 2.45 bits per heavy atom. The van der Waals surface area contributed by atoms with Crippen LogP contribution >= 0.6 is 0 Å². The number of benzene rings is 2. The summed E-state index contributed by atoms with van der Waals surface area (Å²) in [5.74, 6) is 6.08. The number of hydrogen-bond acceptors (Lipinski definition) is 1. The van der Waals surface area contributed by atoms with Crippen LogP contribution in [0.1, 0.15) is 50.7 Å². The van der Waals surface area contributed by atoms with E-state index < -0.39 is 11.7 Å². The van der Waals surface area contributed by atoms with Crippen LogP contribution in [0.2, 0.25) is 0 Å². The maximum absolute atomic E-state index is 13.7. The third-order valence-corrected chi connectivity index (χ3v) is 5.98. The molecule has 3 rings (SSSR count). The van der Waals surface area contributed by atoms with Gasteiger partial charge in [0.2, 0.25) is 0 Å². The van der Waals surface area contributed by atoms with Gasteiger partial charge in [-0.2, -0.15) is 13.2 Å². The molecule has 1 aliphatic rings. The normalized spacial score (nSPS) is 17.5. The fourth-order valence-corrected chi connectivity index (χ4v) is 4.09. The van der Waals surface area contributed by atoms with Crippen LogP contribution in [0.15, 0.2) is 48.5 Å². The minimum absolute atomic E-state index is 0.105. The molecule has 1 aliphatic heterocycles. The average Bonchev–Trinajstić information content (AvgIpc) is 2.71. The summed E-state index contributed by atoms with van der Waals surface area (Å²) in [5.41, 5.74) is 0.0377. The van der Waals surface area contributed by atoms with Gasteiger partial charge in [-0.3, -0.25) is 4.79 Å². The summed E-state index contributed by atoms with van der Waals surface area (Å²) in [6, 6.07) is 12.5. The topological polar surface area (TPSA) is 20.3 Å². The van der Waals surface area contributed by atoms with Crippen molar-refractivity contribution in [3.8, 4) is 23.0 Å². The molecule has 0 saturated carbocycles. The van der Waals surface area contributed by atoms with E-state index in [1.54, 1.807) is 41.3 Å². The number of rotatable bonds is 2. The van der Waals surface area contributed by atoms with Crippen molar-refractivity contribution in [1.82, 2.24) is 4.90 Å². The molecule has 1 atom stereocenters. The zero-order chi connectivity index (χ0) is 22.4. The van der Waals surface area contributed by atoms with Gasteiger partial charge >= 0.3 is 6.18 Å². The van der Waals surface area contributed by atoms with Gasteiger partial charge in [-0.25, -0.2) is 0 Å². The van der Waals surface area contributed by atoms with Crippen LogP contribution in [0.4, 0.5) is 13.2 Å². The molecule has 31 heavy (non-hydrogen) atoms. The van der Waals surface area contributed by atoms with E-state index >= 15 is 0 Å². The molecule has 2 aromatic rings. The van der Waals surface area contributed by atoms with Crippen molar-refractivity contribution < 1.29 is 18.0 Å². The van der Waals surface area contributed by atoms with Crippen molar-refractivity contribution in [2.75, 3.05) is 13.1 Å². The first-order valence-electron chi connectivity index (χ1n) is 10.8. The molecular formula is C26H28F3NO. The lowest BCUT2D eigenvalue weighted by Gasteiger charge is -2.29. The second kappa shape index (κ2) is 10.0. The van der Waals surface area contributed by atoms with Crippen molar-refractivity contribution in [3.63, 3.8) is 0 Å². The van der Waals surface area contributed by atoms with Crippen LogP contribution in [0.25, 0.3) is 11.1 Å². The Morgan fingerprint density at radius 2 is 1.77 bits per heavy atom. The average molecular weight is 428 g/mol. The van der Waals surface area contributed by atoms with E-state index in [9.17, 15) is 18.0 Å². The lowest BCUT2D eigenvalue weighted by atomic mass is 9.86. The van der Waals surface area contributed by atoms with Crippen LogP contribution in [-0.2, 0) is 11.0 Å². The van der Waals surface area contributed by atoms with Crippen LogP contribution in [0.3, 0.4) is 0 Å². The van der Waals surface area contributed by atoms with Crippen molar-refractivity contribution in [2.24, 2.45) is 11.8 Å². The molecule has 5 heteroatoms. The van der Waals surface area contributed by atoms with Crippen LogP contribution in [-0.4, -0.2) is 23.9 Å². The molecule has 1 saturated heterocycles. The number of halogens is 3. The van der Waals surface area contributed by atoms with Gasteiger partial charge in [-0.15, -0.1) is 0 Å². The molecule has 0 spiro atoms. The van der Waals surface area contributed by atoms with Gasteiger partial charge in [0.1, 0.15) is 0 Å². The second-order valence-electron chi connectivity index (χ2n) is 8.45. The summed E-state index contributed by atoms with van der Waals surface area (Å²) in [6.07, 6.45) is -0.382. The molecule has 0 aromatic heterocycles. The van der Waals surface area contributed by atoms with E-state index in [-0.39, 0.29) is 17.0 Å². The standard InChI is InChI=1S/C26H28F3NO/c1-19(2)21-8-6-7-16-30(17-15-21)25(31)14-12-20-11-13-23(22-9-4-3-5-10-22)24(18-20)26(27,28)29/h3-5,9-11,13,18-19,21H,6-8,15-17H2,1-2H3. The van der Waals surface area contributed by atoms with E-state index in [0.717, 1.165) is 25.3 Å². The molecule has 1 fully saturated rings. The largest absolute Gasteiger partial charge is 0.417 e. The fourth-order valence-electron chi connectivity index (χ4n) is 4.09. The van der Waals surface area contributed by atoms with E-state index in [2.05, 4.69) is 25.7 Å². The predicted octanol–water partition coefficient (Wildman–Crippen LogP) is 6.40.